The number of rotatable bonds is 6. The van der Waals surface area contributed by atoms with Gasteiger partial charge < -0.3 is 9.84 Å². The molecule has 0 aliphatic heterocycles. The van der Waals surface area contributed by atoms with Crippen LogP contribution in [0.5, 0.6) is 0 Å². The fourth-order valence-corrected chi connectivity index (χ4v) is 9.36. The van der Waals surface area contributed by atoms with E-state index in [2.05, 4.69) is 34.6 Å². The van der Waals surface area contributed by atoms with Gasteiger partial charge in [0, 0.05) is 25.2 Å². The fraction of sp³-hybridized carbons (Fsp3) is 0.931. The highest BCUT2D eigenvalue weighted by molar-refractivity contribution is 5.89. The van der Waals surface area contributed by atoms with Crippen molar-refractivity contribution in [1.29, 1.82) is 0 Å². The highest BCUT2D eigenvalue weighted by atomic mass is 16.5. The van der Waals surface area contributed by atoms with Gasteiger partial charge in [0.25, 0.3) is 0 Å². The number of fused-ring (bicyclic) bond motifs is 5. The molecule has 0 saturated heterocycles. The number of hydrogen-bond acceptors (Lipinski definition) is 4. The van der Waals surface area contributed by atoms with Crippen LogP contribution in [0.2, 0.25) is 0 Å². The molecular formula is C29H48O4. The second-order valence-corrected chi connectivity index (χ2v) is 13.3. The number of carbonyl (C=O) groups is 2. The van der Waals surface area contributed by atoms with E-state index in [-0.39, 0.29) is 24.3 Å². The van der Waals surface area contributed by atoms with Gasteiger partial charge >= 0.3 is 5.97 Å². The van der Waals surface area contributed by atoms with Gasteiger partial charge in [0.05, 0.1) is 0 Å². The average Bonchev–Trinajstić information content (AvgIpc) is 3.07. The summed E-state index contributed by atoms with van der Waals surface area (Å²) in [5.74, 6) is 3.39. The molecule has 4 fully saturated rings. The van der Waals surface area contributed by atoms with Gasteiger partial charge in [0.1, 0.15) is 11.7 Å². The van der Waals surface area contributed by atoms with Crippen molar-refractivity contribution in [3.05, 3.63) is 0 Å². The lowest BCUT2D eigenvalue weighted by molar-refractivity contribution is -0.217. The summed E-state index contributed by atoms with van der Waals surface area (Å²) in [7, 11) is 0. The summed E-state index contributed by atoms with van der Waals surface area (Å²) < 4.78 is 5.46. The minimum absolute atomic E-state index is 0.0146. The normalized spacial score (nSPS) is 45.8. The maximum atomic E-state index is 13.6. The predicted molar refractivity (Wildman–Crippen MR) is 130 cm³/mol. The van der Waals surface area contributed by atoms with E-state index in [1.807, 2.05) is 0 Å². The van der Waals surface area contributed by atoms with Gasteiger partial charge in [-0.05, 0) is 79.4 Å². The Bertz CT molecular complexity index is 761. The molecule has 4 saturated carbocycles. The van der Waals surface area contributed by atoms with E-state index < -0.39 is 11.0 Å². The summed E-state index contributed by atoms with van der Waals surface area (Å²) in [6.07, 6.45) is 10.9. The fourth-order valence-electron chi connectivity index (χ4n) is 9.36. The second-order valence-electron chi connectivity index (χ2n) is 13.3. The van der Waals surface area contributed by atoms with Crippen LogP contribution >= 0.6 is 0 Å². The van der Waals surface area contributed by atoms with E-state index in [0.717, 1.165) is 37.0 Å². The van der Waals surface area contributed by atoms with Crippen molar-refractivity contribution in [2.24, 2.45) is 46.3 Å². The molecule has 9 atom stereocenters. The number of carbonyl (C=O) groups excluding carboxylic acids is 2. The molecule has 4 aliphatic rings. The van der Waals surface area contributed by atoms with Crippen molar-refractivity contribution in [3.63, 3.8) is 0 Å². The summed E-state index contributed by atoms with van der Waals surface area (Å²) in [6, 6.07) is 0. The third-order valence-corrected chi connectivity index (χ3v) is 11.1. The molecule has 0 heterocycles. The van der Waals surface area contributed by atoms with E-state index in [4.69, 9.17) is 4.74 Å². The molecule has 0 radical (unpaired) electrons. The SMILES string of the molecule is CC(=O)O[C@H]1CC[C@]2(C)[C@H]3CC[C@]4(C)[C@@H]([C@@H](C)CCCC(C)C)CC[C@H]4[C@@H]3CC(=O)[C@@]2(O)C1. The number of esters is 1. The van der Waals surface area contributed by atoms with Crippen LogP contribution < -0.4 is 0 Å². The topological polar surface area (TPSA) is 63.6 Å². The summed E-state index contributed by atoms with van der Waals surface area (Å²) >= 11 is 0. The molecule has 188 valence electrons. The summed E-state index contributed by atoms with van der Waals surface area (Å²) in [4.78, 5) is 25.1. The lowest BCUT2D eigenvalue weighted by Crippen LogP contribution is -2.67. The Kier molecular flexibility index (Phi) is 6.84. The van der Waals surface area contributed by atoms with Crippen molar-refractivity contribution in [3.8, 4) is 0 Å². The molecule has 0 unspecified atom stereocenters. The monoisotopic (exact) mass is 460 g/mol. The standard InChI is InChI=1S/C29H48O4/c1-18(2)8-7-9-19(3)23-10-11-24-22-16-26(31)29(32)17-21(33-20(4)30)12-15-28(29,6)25(22)13-14-27(23,24)5/h18-19,21-25,32H,7-17H2,1-6H3/t19-,21-,22-,23+,24-,25-,27+,28+,29-/m0/s1. The maximum Gasteiger partial charge on any atom is 0.302 e. The van der Waals surface area contributed by atoms with Crippen LogP contribution in [0.15, 0.2) is 0 Å². The molecule has 33 heavy (non-hydrogen) atoms. The molecule has 0 amide bonds. The van der Waals surface area contributed by atoms with Crippen molar-refractivity contribution in [1.82, 2.24) is 0 Å². The molecule has 4 heteroatoms. The van der Waals surface area contributed by atoms with Gasteiger partial charge in [-0.15, -0.1) is 0 Å². The zero-order chi connectivity index (χ0) is 24.2. The van der Waals surface area contributed by atoms with E-state index in [0.29, 0.717) is 29.6 Å². The second kappa shape index (κ2) is 8.95. The molecule has 4 aliphatic carbocycles. The number of ketones is 1. The zero-order valence-electron chi connectivity index (χ0n) is 22.0. The first-order chi connectivity index (χ1) is 15.4. The van der Waals surface area contributed by atoms with Gasteiger partial charge in [-0.25, -0.2) is 0 Å². The summed E-state index contributed by atoms with van der Waals surface area (Å²) in [5.41, 5.74) is -1.41. The molecule has 0 bridgehead atoms. The Morgan fingerprint density at radius 1 is 1.06 bits per heavy atom. The quantitative estimate of drug-likeness (QED) is 0.470. The van der Waals surface area contributed by atoms with Crippen LogP contribution in [-0.2, 0) is 14.3 Å². The van der Waals surface area contributed by atoms with Crippen LogP contribution in [0.1, 0.15) is 112 Å². The van der Waals surface area contributed by atoms with Crippen LogP contribution in [0.25, 0.3) is 0 Å². The molecule has 4 rings (SSSR count). The molecule has 0 aromatic carbocycles. The first kappa shape index (κ1) is 25.2. The van der Waals surface area contributed by atoms with Crippen molar-refractivity contribution < 1.29 is 19.4 Å². The Hall–Kier alpha value is -0.900. The molecular weight excluding hydrogens is 412 g/mol. The van der Waals surface area contributed by atoms with Gasteiger partial charge in [-0.2, -0.15) is 0 Å². The number of aliphatic hydroxyl groups is 1. The molecule has 0 aromatic rings. The Labute approximate surface area is 201 Å². The summed E-state index contributed by atoms with van der Waals surface area (Å²) in [5, 5.41) is 11.8. The van der Waals surface area contributed by atoms with Crippen molar-refractivity contribution in [2.45, 2.75) is 124 Å². The minimum atomic E-state index is -1.34. The molecule has 0 spiro atoms. The van der Waals surface area contributed by atoms with Crippen molar-refractivity contribution >= 4 is 11.8 Å². The van der Waals surface area contributed by atoms with Crippen LogP contribution in [0.3, 0.4) is 0 Å². The maximum absolute atomic E-state index is 13.6. The number of Topliss-reactive ketones (excluding diaryl/α,β-unsaturated/α-hetero) is 1. The molecule has 4 nitrogen and oxygen atoms in total. The van der Waals surface area contributed by atoms with Crippen molar-refractivity contribution in [2.75, 3.05) is 0 Å². The highest BCUT2D eigenvalue weighted by Gasteiger charge is 2.68. The lowest BCUT2D eigenvalue weighted by Gasteiger charge is -2.63. The minimum Gasteiger partial charge on any atom is -0.462 e. The van der Waals surface area contributed by atoms with Crippen LogP contribution in [0.4, 0.5) is 0 Å². The largest absolute Gasteiger partial charge is 0.462 e. The number of hydrogen-bond donors (Lipinski definition) is 1. The first-order valence-corrected chi connectivity index (χ1v) is 13.8. The Morgan fingerprint density at radius 2 is 1.79 bits per heavy atom. The average molecular weight is 461 g/mol. The van der Waals surface area contributed by atoms with Crippen LogP contribution in [-0.4, -0.2) is 28.6 Å². The van der Waals surface area contributed by atoms with E-state index in [1.165, 1.54) is 45.4 Å². The zero-order valence-corrected chi connectivity index (χ0v) is 22.0. The van der Waals surface area contributed by atoms with E-state index >= 15 is 0 Å². The third kappa shape index (κ3) is 4.10. The first-order valence-electron chi connectivity index (χ1n) is 13.8. The Balaban J connectivity index is 1.52. The Morgan fingerprint density at radius 3 is 2.45 bits per heavy atom. The summed E-state index contributed by atoms with van der Waals surface area (Å²) in [6.45, 7) is 13.2. The van der Waals surface area contributed by atoms with E-state index in [9.17, 15) is 14.7 Å². The molecule has 0 aromatic heterocycles. The van der Waals surface area contributed by atoms with Gasteiger partial charge in [-0.1, -0.05) is 53.9 Å². The lowest BCUT2D eigenvalue weighted by atomic mass is 9.42. The van der Waals surface area contributed by atoms with Gasteiger partial charge in [0.15, 0.2) is 5.78 Å². The molecule has 1 N–H and O–H groups in total. The van der Waals surface area contributed by atoms with Crippen LogP contribution in [0, 0.1) is 46.3 Å². The smallest absolute Gasteiger partial charge is 0.302 e. The van der Waals surface area contributed by atoms with E-state index in [1.54, 1.807) is 0 Å². The van der Waals surface area contributed by atoms with Gasteiger partial charge in [-0.3, -0.25) is 9.59 Å². The highest BCUT2D eigenvalue weighted by Crippen LogP contribution is 2.68. The third-order valence-electron chi connectivity index (χ3n) is 11.1. The van der Waals surface area contributed by atoms with Gasteiger partial charge in [0.2, 0.25) is 0 Å². The number of ether oxygens (including phenoxy) is 1. The predicted octanol–water partition coefficient (Wildman–Crippen LogP) is 6.33.